The molecule has 0 radical (unpaired) electrons. The summed E-state index contributed by atoms with van der Waals surface area (Å²) in [6.45, 7) is 4.01. The van der Waals surface area contributed by atoms with E-state index in [4.69, 9.17) is 18.9 Å². The smallest absolute Gasteiger partial charge is 0.312 e. The van der Waals surface area contributed by atoms with E-state index in [0.717, 1.165) is 26.7 Å². The van der Waals surface area contributed by atoms with Gasteiger partial charge in [-0.05, 0) is 48.7 Å². The molecule has 0 aliphatic carbocycles. The third kappa shape index (κ3) is 3.03. The molecule has 0 amide bonds. The Labute approximate surface area is 161 Å². The Hall–Kier alpha value is -2.21. The van der Waals surface area contributed by atoms with Crippen LogP contribution in [-0.2, 0) is 4.79 Å². The molecule has 0 saturated carbocycles. The van der Waals surface area contributed by atoms with Crippen molar-refractivity contribution < 1.29 is 23.7 Å². The van der Waals surface area contributed by atoms with Crippen LogP contribution in [0.2, 0.25) is 0 Å². The van der Waals surface area contributed by atoms with Crippen molar-refractivity contribution in [2.24, 2.45) is 0 Å². The molecule has 0 aromatic heterocycles. The molecule has 6 heteroatoms. The average Bonchev–Trinajstić information content (AvgIpc) is 2.63. The third-order valence-electron chi connectivity index (χ3n) is 4.72. The number of methoxy groups -OCH3 is 3. The van der Waals surface area contributed by atoms with E-state index in [1.165, 1.54) is 0 Å². The Balaban J connectivity index is 2.23. The van der Waals surface area contributed by atoms with E-state index < -0.39 is 0 Å². The van der Waals surface area contributed by atoms with Gasteiger partial charge in [-0.25, -0.2) is 0 Å². The van der Waals surface area contributed by atoms with Crippen LogP contribution in [0.3, 0.4) is 0 Å². The highest BCUT2D eigenvalue weighted by atomic mass is 79.9. The van der Waals surface area contributed by atoms with Crippen LogP contribution in [0.25, 0.3) is 0 Å². The van der Waals surface area contributed by atoms with Gasteiger partial charge < -0.3 is 18.9 Å². The van der Waals surface area contributed by atoms with Crippen molar-refractivity contribution in [3.8, 4) is 23.0 Å². The van der Waals surface area contributed by atoms with Gasteiger partial charge >= 0.3 is 5.97 Å². The van der Waals surface area contributed by atoms with Crippen molar-refractivity contribution in [1.29, 1.82) is 0 Å². The first-order chi connectivity index (χ1) is 12.4. The highest BCUT2D eigenvalue weighted by Crippen LogP contribution is 2.47. The summed E-state index contributed by atoms with van der Waals surface area (Å²) in [7, 11) is 4.72. The fraction of sp³-hybridized carbons (Fsp3) is 0.350. The maximum absolute atomic E-state index is 12.2. The largest absolute Gasteiger partial charge is 0.493 e. The number of aryl methyl sites for hydroxylation is 1. The fourth-order valence-corrected chi connectivity index (χ4v) is 3.80. The predicted octanol–water partition coefficient (Wildman–Crippen LogP) is 4.53. The number of esters is 1. The summed E-state index contributed by atoms with van der Waals surface area (Å²) >= 11 is 3.64. The SMILES string of the molecule is COc1cc([C@H]2CC(=O)Oc3cc(C)c(Br)c(C)c32)cc(OC)c1OC. The van der Waals surface area contributed by atoms with Crippen LogP contribution in [0.1, 0.15) is 34.6 Å². The minimum absolute atomic E-state index is 0.156. The van der Waals surface area contributed by atoms with Gasteiger partial charge in [-0.1, -0.05) is 15.9 Å². The lowest BCUT2D eigenvalue weighted by Gasteiger charge is -2.28. The van der Waals surface area contributed by atoms with E-state index in [2.05, 4.69) is 15.9 Å². The Morgan fingerprint density at radius 1 is 1.04 bits per heavy atom. The van der Waals surface area contributed by atoms with Gasteiger partial charge in [0.05, 0.1) is 27.8 Å². The van der Waals surface area contributed by atoms with Crippen molar-refractivity contribution in [2.75, 3.05) is 21.3 Å². The normalized spacial score (nSPS) is 15.9. The van der Waals surface area contributed by atoms with Crippen molar-refractivity contribution in [3.05, 3.63) is 44.9 Å². The maximum Gasteiger partial charge on any atom is 0.312 e. The molecule has 138 valence electrons. The fourth-order valence-electron chi connectivity index (χ4n) is 3.47. The number of hydrogen-bond donors (Lipinski definition) is 0. The van der Waals surface area contributed by atoms with Crippen molar-refractivity contribution >= 4 is 21.9 Å². The minimum Gasteiger partial charge on any atom is -0.493 e. The quantitative estimate of drug-likeness (QED) is 0.536. The molecule has 0 spiro atoms. The zero-order valence-electron chi connectivity index (χ0n) is 15.4. The van der Waals surface area contributed by atoms with Crippen LogP contribution in [0.15, 0.2) is 22.7 Å². The summed E-state index contributed by atoms with van der Waals surface area (Å²) in [4.78, 5) is 12.2. The van der Waals surface area contributed by atoms with Crippen LogP contribution in [0.5, 0.6) is 23.0 Å². The van der Waals surface area contributed by atoms with Gasteiger partial charge in [-0.2, -0.15) is 0 Å². The Kier molecular flexibility index (Phi) is 5.14. The van der Waals surface area contributed by atoms with Gasteiger partial charge in [0.2, 0.25) is 5.75 Å². The van der Waals surface area contributed by atoms with E-state index >= 15 is 0 Å². The molecule has 1 aliphatic heterocycles. The molecule has 2 aromatic rings. The summed E-state index contributed by atoms with van der Waals surface area (Å²) in [5.41, 5.74) is 4.00. The lowest BCUT2D eigenvalue weighted by atomic mass is 9.83. The number of benzene rings is 2. The number of carbonyl (C=O) groups is 1. The lowest BCUT2D eigenvalue weighted by Crippen LogP contribution is -2.22. The van der Waals surface area contributed by atoms with Gasteiger partial charge in [0, 0.05) is 16.0 Å². The number of fused-ring (bicyclic) bond motifs is 1. The van der Waals surface area contributed by atoms with Crippen LogP contribution in [0.4, 0.5) is 0 Å². The summed E-state index contributed by atoms with van der Waals surface area (Å²) < 4.78 is 22.9. The van der Waals surface area contributed by atoms with Crippen molar-refractivity contribution in [2.45, 2.75) is 26.2 Å². The molecule has 1 heterocycles. The van der Waals surface area contributed by atoms with E-state index in [-0.39, 0.29) is 18.3 Å². The van der Waals surface area contributed by atoms with Gasteiger partial charge in [0.15, 0.2) is 11.5 Å². The number of carbonyl (C=O) groups excluding carboxylic acids is 1. The second-order valence-electron chi connectivity index (χ2n) is 6.23. The lowest BCUT2D eigenvalue weighted by molar-refractivity contribution is -0.135. The molecular formula is C20H21BrO5. The minimum atomic E-state index is -0.252. The molecule has 26 heavy (non-hydrogen) atoms. The Bertz CT molecular complexity index is 850. The van der Waals surface area contributed by atoms with E-state index in [1.54, 1.807) is 21.3 Å². The van der Waals surface area contributed by atoms with Gasteiger partial charge in [-0.3, -0.25) is 4.79 Å². The summed E-state index contributed by atoms with van der Waals surface area (Å²) in [6.07, 6.45) is 0.252. The molecule has 2 aromatic carbocycles. The first-order valence-electron chi connectivity index (χ1n) is 8.21. The van der Waals surface area contributed by atoms with E-state index in [1.807, 2.05) is 32.0 Å². The Morgan fingerprint density at radius 2 is 1.65 bits per heavy atom. The standard InChI is InChI=1S/C20H21BrO5/c1-10-6-14-18(11(2)19(10)21)13(9-17(22)26-14)12-7-15(23-3)20(25-5)16(8-12)24-4/h6-8,13H,9H2,1-5H3/t13-/m1/s1. The molecule has 0 unspecified atom stereocenters. The molecule has 5 nitrogen and oxygen atoms in total. The van der Waals surface area contributed by atoms with E-state index in [9.17, 15) is 4.79 Å². The zero-order chi connectivity index (χ0) is 19.0. The molecule has 0 N–H and O–H groups in total. The van der Waals surface area contributed by atoms with Crippen LogP contribution in [0, 0.1) is 13.8 Å². The van der Waals surface area contributed by atoms with Gasteiger partial charge in [-0.15, -0.1) is 0 Å². The monoisotopic (exact) mass is 420 g/mol. The Morgan fingerprint density at radius 3 is 2.19 bits per heavy atom. The first-order valence-corrected chi connectivity index (χ1v) is 9.00. The number of rotatable bonds is 4. The highest BCUT2D eigenvalue weighted by Gasteiger charge is 2.32. The molecule has 1 atom stereocenters. The van der Waals surface area contributed by atoms with Crippen LogP contribution >= 0.6 is 15.9 Å². The number of ether oxygens (including phenoxy) is 4. The van der Waals surface area contributed by atoms with Crippen molar-refractivity contribution in [1.82, 2.24) is 0 Å². The van der Waals surface area contributed by atoms with Crippen LogP contribution in [-0.4, -0.2) is 27.3 Å². The second kappa shape index (κ2) is 7.19. The average molecular weight is 421 g/mol. The molecule has 1 aliphatic rings. The number of halogens is 1. The van der Waals surface area contributed by atoms with Crippen LogP contribution < -0.4 is 18.9 Å². The van der Waals surface area contributed by atoms with Gasteiger partial charge in [0.25, 0.3) is 0 Å². The topological polar surface area (TPSA) is 54.0 Å². The molecule has 0 bridgehead atoms. The first kappa shape index (κ1) is 18.6. The zero-order valence-corrected chi connectivity index (χ0v) is 17.0. The highest BCUT2D eigenvalue weighted by molar-refractivity contribution is 9.10. The number of hydrogen-bond acceptors (Lipinski definition) is 5. The predicted molar refractivity (Wildman–Crippen MR) is 102 cm³/mol. The summed E-state index contributed by atoms with van der Waals surface area (Å²) in [5.74, 6) is 1.85. The van der Waals surface area contributed by atoms with Crippen molar-refractivity contribution in [3.63, 3.8) is 0 Å². The molecule has 3 rings (SSSR count). The molecule has 0 fully saturated rings. The van der Waals surface area contributed by atoms with E-state index in [0.29, 0.717) is 23.0 Å². The van der Waals surface area contributed by atoms with Gasteiger partial charge in [0.1, 0.15) is 5.75 Å². The maximum atomic E-state index is 12.2. The molecular weight excluding hydrogens is 400 g/mol. The molecule has 0 saturated heterocycles. The third-order valence-corrected chi connectivity index (χ3v) is 5.95. The second-order valence-corrected chi connectivity index (χ2v) is 7.03. The summed E-state index contributed by atoms with van der Waals surface area (Å²) in [5, 5.41) is 0. The summed E-state index contributed by atoms with van der Waals surface area (Å²) in [6, 6.07) is 5.68.